The quantitative estimate of drug-likeness (QED) is 0.788. The molecule has 1 aliphatic rings. The molecule has 0 spiro atoms. The van der Waals surface area contributed by atoms with E-state index >= 15 is 0 Å². The fraction of sp³-hybridized carbons (Fsp3) is 0.400. The summed E-state index contributed by atoms with van der Waals surface area (Å²) in [6.45, 7) is 4.06. The minimum atomic E-state index is -0.310. The van der Waals surface area contributed by atoms with Gasteiger partial charge in [-0.25, -0.2) is 14.2 Å². The maximum atomic E-state index is 12.9. The third-order valence-electron chi connectivity index (χ3n) is 4.46. The molecule has 1 aromatic carbocycles. The van der Waals surface area contributed by atoms with Crippen molar-refractivity contribution in [3.8, 4) is 5.75 Å². The van der Waals surface area contributed by atoms with Crippen LogP contribution >= 0.6 is 0 Å². The van der Waals surface area contributed by atoms with Gasteiger partial charge in [-0.15, -0.1) is 0 Å². The molecule has 1 N–H and O–H groups in total. The minimum Gasteiger partial charge on any atom is -0.492 e. The Balaban J connectivity index is 1.46. The van der Waals surface area contributed by atoms with E-state index in [9.17, 15) is 9.18 Å². The Bertz CT molecular complexity index is 766. The van der Waals surface area contributed by atoms with Crippen molar-refractivity contribution in [2.45, 2.75) is 6.54 Å². The summed E-state index contributed by atoms with van der Waals surface area (Å²) >= 11 is 0. The average Bonchev–Trinajstić information content (AvgIpc) is 2.74. The summed E-state index contributed by atoms with van der Waals surface area (Å²) in [7, 11) is 1.70. The van der Waals surface area contributed by atoms with Crippen LogP contribution in [0.5, 0.6) is 5.75 Å². The van der Waals surface area contributed by atoms with Gasteiger partial charge in [-0.3, -0.25) is 0 Å². The molecule has 7 nitrogen and oxygen atoms in total. The standard InChI is InChI=1S/C20H25FN4O3/c1-24(9-14-28-18-6-4-17(21)5-7-18)20(26)23-15-16-3-2-8-22-19(16)25-10-12-27-13-11-25/h2-8H,9-15H2,1H3,(H,23,26). The lowest BCUT2D eigenvalue weighted by Crippen LogP contribution is -2.40. The number of amides is 2. The van der Waals surface area contributed by atoms with Gasteiger partial charge in [-0.2, -0.15) is 0 Å². The van der Waals surface area contributed by atoms with Gasteiger partial charge in [0.05, 0.1) is 19.8 Å². The van der Waals surface area contributed by atoms with Crippen LogP contribution in [0, 0.1) is 5.82 Å². The molecular formula is C20H25FN4O3. The van der Waals surface area contributed by atoms with Gasteiger partial charge in [0.1, 0.15) is 24.0 Å². The number of nitrogens with one attached hydrogen (secondary N) is 1. The van der Waals surface area contributed by atoms with Gasteiger partial charge in [0.15, 0.2) is 0 Å². The zero-order valence-electron chi connectivity index (χ0n) is 15.9. The molecule has 0 aliphatic carbocycles. The molecule has 1 saturated heterocycles. The van der Waals surface area contributed by atoms with Crippen molar-refractivity contribution in [1.29, 1.82) is 0 Å². The molecule has 0 radical (unpaired) electrons. The Morgan fingerprint density at radius 3 is 2.79 bits per heavy atom. The number of urea groups is 1. The first-order valence-corrected chi connectivity index (χ1v) is 9.27. The molecule has 3 rings (SSSR count). The predicted molar refractivity (Wildman–Crippen MR) is 104 cm³/mol. The molecule has 0 atom stereocenters. The molecule has 1 aliphatic heterocycles. The Kier molecular flexibility index (Phi) is 7.02. The smallest absolute Gasteiger partial charge is 0.317 e. The number of morpholine rings is 1. The van der Waals surface area contributed by atoms with Crippen molar-refractivity contribution in [2.24, 2.45) is 0 Å². The number of hydrogen-bond donors (Lipinski definition) is 1. The third-order valence-corrected chi connectivity index (χ3v) is 4.46. The number of carbonyl (C=O) groups is 1. The van der Waals surface area contributed by atoms with Gasteiger partial charge in [0, 0.05) is 38.4 Å². The van der Waals surface area contributed by atoms with Gasteiger partial charge in [0.25, 0.3) is 0 Å². The van der Waals surface area contributed by atoms with E-state index < -0.39 is 0 Å². The molecule has 150 valence electrons. The van der Waals surface area contributed by atoms with Gasteiger partial charge >= 0.3 is 6.03 Å². The summed E-state index contributed by atoms with van der Waals surface area (Å²) in [5.41, 5.74) is 0.966. The summed E-state index contributed by atoms with van der Waals surface area (Å²) in [5, 5.41) is 2.92. The molecular weight excluding hydrogens is 363 g/mol. The first-order chi connectivity index (χ1) is 13.6. The highest BCUT2D eigenvalue weighted by Crippen LogP contribution is 2.18. The molecule has 0 unspecified atom stereocenters. The molecule has 2 amide bonds. The first kappa shape index (κ1) is 19.9. The Morgan fingerprint density at radius 2 is 2.04 bits per heavy atom. The van der Waals surface area contributed by atoms with Gasteiger partial charge in [-0.05, 0) is 30.3 Å². The molecule has 28 heavy (non-hydrogen) atoms. The lowest BCUT2D eigenvalue weighted by Gasteiger charge is -2.29. The van der Waals surface area contributed by atoms with Crippen LogP contribution < -0.4 is 15.0 Å². The van der Waals surface area contributed by atoms with E-state index in [1.165, 1.54) is 12.1 Å². The number of hydrogen-bond acceptors (Lipinski definition) is 5. The maximum absolute atomic E-state index is 12.9. The van der Waals surface area contributed by atoms with Gasteiger partial charge in [-0.1, -0.05) is 6.07 Å². The summed E-state index contributed by atoms with van der Waals surface area (Å²) < 4.78 is 23.8. The van der Waals surface area contributed by atoms with Gasteiger partial charge in [0.2, 0.25) is 0 Å². The maximum Gasteiger partial charge on any atom is 0.317 e. The molecule has 8 heteroatoms. The Labute approximate surface area is 164 Å². The first-order valence-electron chi connectivity index (χ1n) is 9.27. The van der Waals surface area contributed by atoms with E-state index in [-0.39, 0.29) is 11.8 Å². The van der Waals surface area contributed by atoms with Crippen LogP contribution in [0.15, 0.2) is 42.6 Å². The van der Waals surface area contributed by atoms with E-state index in [4.69, 9.17) is 9.47 Å². The molecule has 1 aromatic heterocycles. The third kappa shape index (κ3) is 5.56. The second-order valence-corrected chi connectivity index (χ2v) is 6.47. The fourth-order valence-corrected chi connectivity index (χ4v) is 2.87. The van der Waals surface area contributed by atoms with Crippen LogP contribution in [0.2, 0.25) is 0 Å². The normalized spacial score (nSPS) is 13.9. The van der Waals surface area contributed by atoms with Crippen LogP contribution in [0.1, 0.15) is 5.56 Å². The highest BCUT2D eigenvalue weighted by Gasteiger charge is 2.16. The Morgan fingerprint density at radius 1 is 1.29 bits per heavy atom. The van der Waals surface area contributed by atoms with Crippen molar-refractivity contribution in [1.82, 2.24) is 15.2 Å². The second kappa shape index (κ2) is 9.89. The molecule has 2 aromatic rings. The zero-order valence-corrected chi connectivity index (χ0v) is 15.9. The Hall–Kier alpha value is -2.87. The highest BCUT2D eigenvalue weighted by atomic mass is 19.1. The van der Waals surface area contributed by atoms with E-state index in [0.29, 0.717) is 38.7 Å². The molecule has 1 fully saturated rings. The number of nitrogens with zero attached hydrogens (tertiary/aromatic N) is 3. The van der Waals surface area contributed by atoms with E-state index in [1.807, 2.05) is 12.1 Å². The van der Waals surface area contributed by atoms with Crippen molar-refractivity contribution >= 4 is 11.8 Å². The number of aromatic nitrogens is 1. The van der Waals surface area contributed by atoms with Crippen LogP contribution in [-0.4, -0.2) is 62.4 Å². The predicted octanol–water partition coefficient (Wildman–Crippen LogP) is 2.28. The minimum absolute atomic E-state index is 0.195. The largest absolute Gasteiger partial charge is 0.492 e. The van der Waals surface area contributed by atoms with Crippen LogP contribution in [-0.2, 0) is 11.3 Å². The number of benzene rings is 1. The monoisotopic (exact) mass is 388 g/mol. The summed E-state index contributed by atoms with van der Waals surface area (Å²) in [5.74, 6) is 1.14. The number of halogens is 1. The summed E-state index contributed by atoms with van der Waals surface area (Å²) in [6, 6.07) is 9.44. The van der Waals surface area contributed by atoms with Crippen molar-refractivity contribution in [3.63, 3.8) is 0 Å². The van der Waals surface area contributed by atoms with Crippen molar-refractivity contribution in [2.75, 3.05) is 51.4 Å². The van der Waals surface area contributed by atoms with Crippen molar-refractivity contribution < 1.29 is 18.7 Å². The van der Waals surface area contributed by atoms with E-state index in [1.54, 1.807) is 30.3 Å². The summed E-state index contributed by atoms with van der Waals surface area (Å²) in [4.78, 5) is 20.5. The lowest BCUT2D eigenvalue weighted by atomic mass is 10.2. The number of likely N-dealkylation sites (N-methyl/N-ethyl adjacent to an activating group) is 1. The summed E-state index contributed by atoms with van der Waals surface area (Å²) in [6.07, 6.45) is 1.76. The fourth-order valence-electron chi connectivity index (χ4n) is 2.87. The lowest BCUT2D eigenvalue weighted by molar-refractivity contribution is 0.122. The zero-order chi connectivity index (χ0) is 19.8. The van der Waals surface area contributed by atoms with E-state index in [2.05, 4.69) is 15.2 Å². The van der Waals surface area contributed by atoms with Crippen LogP contribution in [0.3, 0.4) is 0 Å². The molecule has 0 bridgehead atoms. The number of carbonyl (C=O) groups excluding carboxylic acids is 1. The highest BCUT2D eigenvalue weighted by molar-refractivity contribution is 5.74. The molecule has 2 heterocycles. The SMILES string of the molecule is CN(CCOc1ccc(F)cc1)C(=O)NCc1cccnc1N1CCOCC1. The number of rotatable bonds is 7. The molecule has 0 saturated carbocycles. The van der Waals surface area contributed by atoms with E-state index in [0.717, 1.165) is 24.5 Å². The van der Waals surface area contributed by atoms with Gasteiger partial charge < -0.3 is 24.6 Å². The topological polar surface area (TPSA) is 66.9 Å². The number of pyridine rings is 1. The number of anilines is 1. The number of ether oxygens (including phenoxy) is 2. The average molecular weight is 388 g/mol. The second-order valence-electron chi connectivity index (χ2n) is 6.47. The van der Waals surface area contributed by atoms with Crippen LogP contribution in [0.4, 0.5) is 15.0 Å². The van der Waals surface area contributed by atoms with Crippen LogP contribution in [0.25, 0.3) is 0 Å². The van der Waals surface area contributed by atoms with Crippen molar-refractivity contribution in [3.05, 3.63) is 54.0 Å².